The zero-order valence-electron chi connectivity index (χ0n) is 9.91. The van der Waals surface area contributed by atoms with Crippen LogP contribution in [0.4, 0.5) is 0 Å². The van der Waals surface area contributed by atoms with E-state index in [1.807, 2.05) is 0 Å². The molecule has 1 heterocycles. The molecule has 0 saturated heterocycles. The molecule has 1 amide bonds. The summed E-state index contributed by atoms with van der Waals surface area (Å²) in [6, 6.07) is 1.66. The molecule has 17 heavy (non-hydrogen) atoms. The highest BCUT2D eigenvalue weighted by atomic mass is 79.9. The first-order valence-electron chi connectivity index (χ1n) is 6.00. The third-order valence-electron chi connectivity index (χ3n) is 3.19. The minimum absolute atomic E-state index is 0.136. The number of hydrogen-bond donors (Lipinski definition) is 1. The number of hydrogen-bond acceptors (Lipinski definition) is 3. The number of alkyl halides is 1. The van der Waals surface area contributed by atoms with Crippen LogP contribution in [0.1, 0.15) is 41.9 Å². The first-order chi connectivity index (χ1) is 8.15. The van der Waals surface area contributed by atoms with Crippen molar-refractivity contribution in [3.63, 3.8) is 0 Å². The van der Waals surface area contributed by atoms with Crippen molar-refractivity contribution in [1.82, 2.24) is 10.5 Å². The molecule has 4 nitrogen and oxygen atoms in total. The van der Waals surface area contributed by atoms with Crippen molar-refractivity contribution in [1.29, 1.82) is 0 Å². The summed E-state index contributed by atoms with van der Waals surface area (Å²) in [5.74, 6) is 1.12. The van der Waals surface area contributed by atoms with Gasteiger partial charge in [0.2, 0.25) is 0 Å². The van der Waals surface area contributed by atoms with Gasteiger partial charge < -0.3 is 9.84 Å². The molecule has 0 bridgehead atoms. The van der Waals surface area contributed by atoms with Crippen molar-refractivity contribution in [2.24, 2.45) is 5.92 Å². The van der Waals surface area contributed by atoms with E-state index in [0.717, 1.165) is 6.54 Å². The van der Waals surface area contributed by atoms with Crippen LogP contribution in [0.5, 0.6) is 0 Å². The Morgan fingerprint density at radius 1 is 1.53 bits per heavy atom. The Balaban J connectivity index is 1.76. The summed E-state index contributed by atoms with van der Waals surface area (Å²) in [6.45, 7) is 2.52. The molecule has 94 valence electrons. The van der Waals surface area contributed by atoms with E-state index in [-0.39, 0.29) is 5.91 Å². The van der Waals surface area contributed by atoms with E-state index in [1.54, 1.807) is 13.0 Å². The molecule has 1 fully saturated rings. The van der Waals surface area contributed by atoms with E-state index in [2.05, 4.69) is 26.4 Å². The van der Waals surface area contributed by atoms with Gasteiger partial charge in [0, 0.05) is 17.4 Å². The van der Waals surface area contributed by atoms with Crippen LogP contribution >= 0.6 is 15.9 Å². The van der Waals surface area contributed by atoms with Crippen LogP contribution in [0, 0.1) is 12.8 Å². The van der Waals surface area contributed by atoms with Gasteiger partial charge in [-0.2, -0.15) is 0 Å². The van der Waals surface area contributed by atoms with Gasteiger partial charge in [0.15, 0.2) is 5.69 Å². The molecule has 1 saturated carbocycles. The summed E-state index contributed by atoms with van der Waals surface area (Å²) in [7, 11) is 0. The van der Waals surface area contributed by atoms with Crippen LogP contribution in [0.15, 0.2) is 10.6 Å². The molecule has 1 N–H and O–H groups in total. The Hall–Kier alpha value is -0.840. The molecule has 1 aromatic rings. The predicted molar refractivity (Wildman–Crippen MR) is 68.2 cm³/mol. The summed E-state index contributed by atoms with van der Waals surface area (Å²) < 4.78 is 4.87. The van der Waals surface area contributed by atoms with Crippen molar-refractivity contribution in [3.8, 4) is 0 Å². The molecule has 0 aromatic carbocycles. The van der Waals surface area contributed by atoms with E-state index >= 15 is 0 Å². The minimum atomic E-state index is -0.136. The number of amides is 1. The lowest BCUT2D eigenvalue weighted by Crippen LogP contribution is -2.31. The molecule has 5 heteroatoms. The fourth-order valence-electron chi connectivity index (χ4n) is 2.13. The standard InChI is InChI=1S/C12H17BrN2O2/c1-8-6-11(15-17-8)12(16)14-7-9-2-4-10(13)5-3-9/h6,9-10H,2-5,7H2,1H3,(H,14,16). The number of halogens is 1. The van der Waals surface area contributed by atoms with Crippen LogP contribution in [0.2, 0.25) is 0 Å². The lowest BCUT2D eigenvalue weighted by molar-refractivity contribution is 0.0934. The normalized spacial score (nSPS) is 24.6. The molecular formula is C12H17BrN2O2. The Bertz CT molecular complexity index is 384. The maximum Gasteiger partial charge on any atom is 0.273 e. The van der Waals surface area contributed by atoms with Gasteiger partial charge in [0.1, 0.15) is 5.76 Å². The molecule has 0 spiro atoms. The van der Waals surface area contributed by atoms with Gasteiger partial charge in [0.25, 0.3) is 5.91 Å². The number of nitrogens with one attached hydrogen (secondary N) is 1. The molecule has 1 aromatic heterocycles. The molecule has 2 rings (SSSR count). The summed E-state index contributed by atoms with van der Waals surface area (Å²) in [6.07, 6.45) is 4.75. The second kappa shape index (κ2) is 5.67. The number of rotatable bonds is 3. The van der Waals surface area contributed by atoms with E-state index < -0.39 is 0 Å². The topological polar surface area (TPSA) is 55.1 Å². The van der Waals surface area contributed by atoms with Crippen molar-refractivity contribution in [3.05, 3.63) is 17.5 Å². The Morgan fingerprint density at radius 2 is 2.24 bits per heavy atom. The average Bonchev–Trinajstić information content (AvgIpc) is 2.75. The summed E-state index contributed by atoms with van der Waals surface area (Å²) in [5, 5.41) is 6.62. The second-order valence-corrected chi connectivity index (χ2v) is 5.95. The Morgan fingerprint density at radius 3 is 2.82 bits per heavy atom. The van der Waals surface area contributed by atoms with Crippen molar-refractivity contribution in [2.75, 3.05) is 6.54 Å². The maximum atomic E-state index is 11.7. The first kappa shape index (κ1) is 12.6. The van der Waals surface area contributed by atoms with Crippen LogP contribution in [-0.4, -0.2) is 22.4 Å². The number of aromatic nitrogens is 1. The maximum absolute atomic E-state index is 11.7. The Labute approximate surface area is 109 Å². The molecule has 0 unspecified atom stereocenters. The highest BCUT2D eigenvalue weighted by molar-refractivity contribution is 9.09. The lowest BCUT2D eigenvalue weighted by Gasteiger charge is -2.25. The third kappa shape index (κ3) is 3.56. The van der Waals surface area contributed by atoms with Gasteiger partial charge in [-0.15, -0.1) is 0 Å². The van der Waals surface area contributed by atoms with Gasteiger partial charge in [-0.25, -0.2) is 0 Å². The second-order valence-electron chi connectivity index (χ2n) is 4.65. The molecule has 0 aliphatic heterocycles. The van der Waals surface area contributed by atoms with Crippen molar-refractivity contribution < 1.29 is 9.32 Å². The van der Waals surface area contributed by atoms with Crippen LogP contribution < -0.4 is 5.32 Å². The number of aryl methyl sites for hydroxylation is 1. The quantitative estimate of drug-likeness (QED) is 0.873. The zero-order valence-corrected chi connectivity index (χ0v) is 11.5. The molecular weight excluding hydrogens is 284 g/mol. The molecule has 1 aliphatic rings. The van der Waals surface area contributed by atoms with Crippen LogP contribution in [0.3, 0.4) is 0 Å². The first-order valence-corrected chi connectivity index (χ1v) is 6.92. The van der Waals surface area contributed by atoms with Crippen molar-refractivity contribution >= 4 is 21.8 Å². The number of carbonyl (C=O) groups is 1. The van der Waals surface area contributed by atoms with E-state index in [9.17, 15) is 4.79 Å². The van der Waals surface area contributed by atoms with Gasteiger partial charge in [0.05, 0.1) is 0 Å². The molecule has 0 atom stereocenters. The van der Waals surface area contributed by atoms with Crippen molar-refractivity contribution in [2.45, 2.75) is 37.4 Å². The number of nitrogens with zero attached hydrogens (tertiary/aromatic N) is 1. The SMILES string of the molecule is Cc1cc(C(=O)NCC2CCC(Br)CC2)no1. The van der Waals surface area contributed by atoms with E-state index in [1.165, 1.54) is 25.7 Å². The van der Waals surface area contributed by atoms with Crippen LogP contribution in [-0.2, 0) is 0 Å². The van der Waals surface area contributed by atoms with Gasteiger partial charge in [-0.1, -0.05) is 21.1 Å². The highest BCUT2D eigenvalue weighted by Crippen LogP contribution is 2.28. The summed E-state index contributed by atoms with van der Waals surface area (Å²) in [4.78, 5) is 12.4. The largest absolute Gasteiger partial charge is 0.361 e. The van der Waals surface area contributed by atoms with E-state index in [4.69, 9.17) is 4.52 Å². The lowest BCUT2D eigenvalue weighted by atomic mass is 9.89. The fraction of sp³-hybridized carbons (Fsp3) is 0.667. The monoisotopic (exact) mass is 300 g/mol. The predicted octanol–water partition coefficient (Wildman–Crippen LogP) is 2.67. The zero-order chi connectivity index (χ0) is 12.3. The Kier molecular flexibility index (Phi) is 4.20. The third-order valence-corrected chi connectivity index (χ3v) is 4.10. The van der Waals surface area contributed by atoms with Gasteiger partial charge in [-0.3, -0.25) is 4.79 Å². The molecule has 0 radical (unpaired) electrons. The number of carbonyl (C=O) groups excluding carboxylic acids is 1. The van der Waals surface area contributed by atoms with Gasteiger partial charge >= 0.3 is 0 Å². The fourth-order valence-corrected chi connectivity index (χ4v) is 2.66. The minimum Gasteiger partial charge on any atom is -0.361 e. The van der Waals surface area contributed by atoms with Gasteiger partial charge in [-0.05, 0) is 38.5 Å². The van der Waals surface area contributed by atoms with E-state index in [0.29, 0.717) is 22.2 Å². The smallest absolute Gasteiger partial charge is 0.273 e. The average molecular weight is 301 g/mol. The highest BCUT2D eigenvalue weighted by Gasteiger charge is 2.20. The summed E-state index contributed by atoms with van der Waals surface area (Å²) >= 11 is 3.63. The van der Waals surface area contributed by atoms with Crippen LogP contribution in [0.25, 0.3) is 0 Å². The summed E-state index contributed by atoms with van der Waals surface area (Å²) in [5.41, 5.74) is 0.372. The molecule has 1 aliphatic carbocycles.